The van der Waals surface area contributed by atoms with E-state index in [9.17, 15) is 0 Å². The van der Waals surface area contributed by atoms with E-state index in [0.717, 1.165) is 68.2 Å². The lowest BCUT2D eigenvalue weighted by Gasteiger charge is -2.31. The molecule has 0 spiro atoms. The van der Waals surface area contributed by atoms with Crippen molar-refractivity contribution in [1.29, 1.82) is 0 Å². The quantitative estimate of drug-likeness (QED) is 0.209. The minimum Gasteiger partial charge on any atom is -0.379 e. The molecule has 0 atom stereocenters. The maximum Gasteiger partial charge on any atom is 0.0804 e. The zero-order valence-electron chi connectivity index (χ0n) is 23.2. The van der Waals surface area contributed by atoms with E-state index in [0.29, 0.717) is 0 Å². The molecule has 6 aromatic rings. The number of pyridine rings is 2. The minimum absolute atomic E-state index is 0.826. The molecule has 40 heavy (non-hydrogen) atoms. The molecule has 1 aliphatic rings. The van der Waals surface area contributed by atoms with Crippen LogP contribution in [0.4, 0.5) is 11.4 Å². The maximum absolute atomic E-state index is 5.59. The van der Waals surface area contributed by atoms with Gasteiger partial charge in [-0.05, 0) is 43.2 Å². The van der Waals surface area contributed by atoms with Gasteiger partial charge in [0.15, 0.2) is 0 Å². The third-order valence-electron chi connectivity index (χ3n) is 8.16. The topological polar surface area (TPSA) is 41.5 Å². The number of rotatable bonds is 6. The predicted molar refractivity (Wildman–Crippen MR) is 167 cm³/mol. The average molecular weight is 527 g/mol. The molecule has 0 amide bonds. The Bertz CT molecular complexity index is 1730. The standard InChI is InChI=1S/C35H34N4O/c1-24-22-32(30-14-12-26-8-3-5-10-28(26)34(30)36-24)39(17-7-16-38-18-20-40-21-19-38)33-23-25(2)37-35-29-11-6-4-9-27(29)13-15-31(33)35/h3-6,8-15,22-23H,7,16-21H2,1-2H3. The average Bonchev–Trinajstić information content (AvgIpc) is 2.99. The third-order valence-corrected chi connectivity index (χ3v) is 8.16. The summed E-state index contributed by atoms with van der Waals surface area (Å²) in [7, 11) is 0. The smallest absolute Gasteiger partial charge is 0.0804 e. The van der Waals surface area contributed by atoms with E-state index in [1.807, 2.05) is 0 Å². The van der Waals surface area contributed by atoms with Crippen LogP contribution in [0.5, 0.6) is 0 Å². The summed E-state index contributed by atoms with van der Waals surface area (Å²) in [6, 6.07) is 30.6. The Balaban J connectivity index is 1.42. The number of benzene rings is 4. The molecule has 0 aliphatic carbocycles. The fraction of sp³-hybridized carbons (Fsp3) is 0.257. The van der Waals surface area contributed by atoms with Gasteiger partial charge in [0.1, 0.15) is 0 Å². The highest BCUT2D eigenvalue weighted by atomic mass is 16.5. The maximum atomic E-state index is 5.59. The number of hydrogen-bond donors (Lipinski definition) is 0. The second-order valence-electron chi connectivity index (χ2n) is 10.9. The molecule has 5 nitrogen and oxygen atoms in total. The highest BCUT2D eigenvalue weighted by molar-refractivity contribution is 6.13. The third kappa shape index (κ3) is 4.55. The van der Waals surface area contributed by atoms with Crippen LogP contribution in [0.3, 0.4) is 0 Å². The van der Waals surface area contributed by atoms with Gasteiger partial charge in [0.25, 0.3) is 0 Å². The summed E-state index contributed by atoms with van der Waals surface area (Å²) < 4.78 is 5.59. The van der Waals surface area contributed by atoms with Crippen molar-refractivity contribution in [3.8, 4) is 0 Å². The van der Waals surface area contributed by atoms with Gasteiger partial charge in [-0.3, -0.25) is 14.9 Å². The van der Waals surface area contributed by atoms with Crippen LogP contribution in [0.15, 0.2) is 84.9 Å². The Morgan fingerprint density at radius 1 is 0.675 bits per heavy atom. The van der Waals surface area contributed by atoms with Gasteiger partial charge >= 0.3 is 0 Å². The molecule has 7 rings (SSSR count). The molecule has 0 N–H and O–H groups in total. The van der Waals surface area contributed by atoms with Crippen LogP contribution in [0.2, 0.25) is 0 Å². The first kappa shape index (κ1) is 24.9. The van der Waals surface area contributed by atoms with E-state index < -0.39 is 0 Å². The van der Waals surface area contributed by atoms with E-state index in [-0.39, 0.29) is 0 Å². The minimum atomic E-state index is 0.826. The van der Waals surface area contributed by atoms with Crippen molar-refractivity contribution in [1.82, 2.24) is 14.9 Å². The molecule has 0 unspecified atom stereocenters. The second kappa shape index (κ2) is 10.5. The van der Waals surface area contributed by atoms with Gasteiger partial charge in [0, 0.05) is 59.1 Å². The van der Waals surface area contributed by atoms with Gasteiger partial charge in [0.05, 0.1) is 35.6 Å². The van der Waals surface area contributed by atoms with Crippen LogP contribution in [-0.4, -0.2) is 54.3 Å². The van der Waals surface area contributed by atoms with Crippen molar-refractivity contribution in [3.05, 3.63) is 96.3 Å². The van der Waals surface area contributed by atoms with Gasteiger partial charge in [-0.25, -0.2) is 0 Å². The molecule has 5 heteroatoms. The Morgan fingerprint density at radius 2 is 1.20 bits per heavy atom. The van der Waals surface area contributed by atoms with Crippen LogP contribution < -0.4 is 4.90 Å². The van der Waals surface area contributed by atoms with E-state index in [4.69, 9.17) is 14.7 Å². The first-order chi connectivity index (χ1) is 19.7. The molecule has 4 aromatic carbocycles. The molecule has 0 bridgehead atoms. The number of anilines is 2. The number of aromatic nitrogens is 2. The SMILES string of the molecule is Cc1cc(N(CCCN2CCOCC2)c2cc(C)nc3c2ccc2ccccc23)c2ccc3ccccc3c2n1. The molecule has 1 saturated heterocycles. The van der Waals surface area contributed by atoms with E-state index in [2.05, 4.69) is 109 Å². The Morgan fingerprint density at radius 3 is 1.75 bits per heavy atom. The normalized spacial score (nSPS) is 14.4. The van der Waals surface area contributed by atoms with E-state index in [1.54, 1.807) is 0 Å². The van der Waals surface area contributed by atoms with Gasteiger partial charge in [-0.1, -0.05) is 72.8 Å². The van der Waals surface area contributed by atoms with Crippen molar-refractivity contribution >= 4 is 54.7 Å². The number of fused-ring (bicyclic) bond motifs is 6. The fourth-order valence-electron chi connectivity index (χ4n) is 6.23. The number of morpholine rings is 1. The first-order valence-electron chi connectivity index (χ1n) is 14.3. The largest absolute Gasteiger partial charge is 0.379 e. The number of ether oxygens (including phenoxy) is 1. The van der Waals surface area contributed by atoms with Crippen LogP contribution in [0.25, 0.3) is 43.4 Å². The van der Waals surface area contributed by atoms with Gasteiger partial charge in [-0.15, -0.1) is 0 Å². The molecule has 1 aliphatic heterocycles. The zero-order chi connectivity index (χ0) is 27.1. The summed E-state index contributed by atoms with van der Waals surface area (Å²) in [5.41, 5.74) is 6.58. The summed E-state index contributed by atoms with van der Waals surface area (Å²) in [4.78, 5) is 15.2. The first-order valence-corrected chi connectivity index (χ1v) is 14.3. The van der Waals surface area contributed by atoms with Crippen molar-refractivity contribution in [3.63, 3.8) is 0 Å². The van der Waals surface area contributed by atoms with Crippen LogP contribution in [0, 0.1) is 13.8 Å². The summed E-state index contributed by atoms with van der Waals surface area (Å²) >= 11 is 0. The lowest BCUT2D eigenvalue weighted by Crippen LogP contribution is -2.37. The van der Waals surface area contributed by atoms with Gasteiger partial charge in [-0.2, -0.15) is 0 Å². The fourth-order valence-corrected chi connectivity index (χ4v) is 6.23. The molecule has 0 radical (unpaired) electrons. The number of aryl methyl sites for hydroxylation is 2. The van der Waals surface area contributed by atoms with Crippen LogP contribution in [-0.2, 0) is 4.74 Å². The van der Waals surface area contributed by atoms with E-state index >= 15 is 0 Å². The summed E-state index contributed by atoms with van der Waals surface area (Å²) in [5, 5.41) is 7.18. The summed E-state index contributed by atoms with van der Waals surface area (Å²) in [6.07, 6.45) is 1.05. The predicted octanol–water partition coefficient (Wildman–Crippen LogP) is 7.57. The van der Waals surface area contributed by atoms with Crippen LogP contribution >= 0.6 is 0 Å². The van der Waals surface area contributed by atoms with Crippen molar-refractivity contribution in [2.24, 2.45) is 0 Å². The zero-order valence-corrected chi connectivity index (χ0v) is 23.2. The lowest BCUT2D eigenvalue weighted by molar-refractivity contribution is 0.0377. The van der Waals surface area contributed by atoms with Crippen molar-refractivity contribution in [2.45, 2.75) is 20.3 Å². The molecular formula is C35H34N4O. The monoisotopic (exact) mass is 526 g/mol. The molecule has 200 valence electrons. The highest BCUT2D eigenvalue weighted by Crippen LogP contribution is 2.40. The molecule has 1 fully saturated rings. The molecular weight excluding hydrogens is 492 g/mol. The van der Waals surface area contributed by atoms with Gasteiger partial charge in [0.2, 0.25) is 0 Å². The van der Waals surface area contributed by atoms with Crippen LogP contribution in [0.1, 0.15) is 17.8 Å². The Labute approximate surface area is 235 Å². The molecule has 2 aromatic heterocycles. The van der Waals surface area contributed by atoms with Crippen molar-refractivity contribution < 1.29 is 4.74 Å². The summed E-state index contributed by atoms with van der Waals surface area (Å²) in [5.74, 6) is 0. The molecule has 0 saturated carbocycles. The highest BCUT2D eigenvalue weighted by Gasteiger charge is 2.20. The Hall–Kier alpha value is -4.06. The van der Waals surface area contributed by atoms with Gasteiger partial charge < -0.3 is 9.64 Å². The summed E-state index contributed by atoms with van der Waals surface area (Å²) in [6.45, 7) is 9.83. The number of nitrogens with zero attached hydrogens (tertiary/aromatic N) is 4. The lowest BCUT2D eigenvalue weighted by atomic mass is 10.0. The molecule has 3 heterocycles. The number of hydrogen-bond acceptors (Lipinski definition) is 5. The Kier molecular flexibility index (Phi) is 6.54. The van der Waals surface area contributed by atoms with Crippen molar-refractivity contribution in [2.75, 3.05) is 44.3 Å². The van der Waals surface area contributed by atoms with E-state index in [1.165, 1.54) is 43.7 Å². The second-order valence-corrected chi connectivity index (χ2v) is 10.9.